The van der Waals surface area contributed by atoms with Gasteiger partial charge in [0.1, 0.15) is 0 Å². The molecule has 2 rings (SSSR count). The maximum atomic E-state index is 12.1. The van der Waals surface area contributed by atoms with Crippen LogP contribution in [0, 0.1) is 0 Å². The minimum Gasteiger partial charge on any atom is -0.378 e. The summed E-state index contributed by atoms with van der Waals surface area (Å²) < 4.78 is 54.6. The zero-order valence-corrected chi connectivity index (χ0v) is 13.2. The number of rotatable bonds is 5. The Balaban J connectivity index is 2.05. The molecule has 0 saturated carbocycles. The molecule has 1 fully saturated rings. The molecule has 1 aliphatic rings. The van der Waals surface area contributed by atoms with Crippen LogP contribution in [-0.4, -0.2) is 55.4 Å². The van der Waals surface area contributed by atoms with Crippen molar-refractivity contribution >= 4 is 19.9 Å². The lowest BCUT2D eigenvalue weighted by molar-refractivity contribution is 0.0784. The molecule has 7 nitrogen and oxygen atoms in total. The van der Waals surface area contributed by atoms with Crippen LogP contribution in [0.2, 0.25) is 0 Å². The first-order valence-electron chi connectivity index (χ1n) is 6.40. The maximum absolute atomic E-state index is 12.1. The van der Waals surface area contributed by atoms with E-state index in [1.807, 2.05) is 0 Å². The van der Waals surface area contributed by atoms with Gasteiger partial charge in [0.15, 0.2) is 9.84 Å². The van der Waals surface area contributed by atoms with Gasteiger partial charge in [0, 0.05) is 25.4 Å². The van der Waals surface area contributed by atoms with Gasteiger partial charge in [0.2, 0.25) is 10.0 Å². The number of hydrogen-bond acceptors (Lipinski definition) is 6. The summed E-state index contributed by atoms with van der Waals surface area (Å²) in [5, 5.41) is 3.14. The van der Waals surface area contributed by atoms with Crippen LogP contribution in [-0.2, 0) is 24.6 Å². The van der Waals surface area contributed by atoms with Gasteiger partial charge in [-0.25, -0.2) is 21.6 Å². The molecule has 1 heterocycles. The summed E-state index contributed by atoms with van der Waals surface area (Å²) in [6, 6.07) is 5.06. The second-order valence-corrected chi connectivity index (χ2v) is 8.60. The molecule has 1 aromatic carbocycles. The first-order chi connectivity index (χ1) is 9.79. The molecule has 0 aromatic heterocycles. The van der Waals surface area contributed by atoms with Gasteiger partial charge in [-0.1, -0.05) is 0 Å². The van der Waals surface area contributed by atoms with Gasteiger partial charge in [-0.2, -0.15) is 0 Å². The van der Waals surface area contributed by atoms with E-state index in [0.717, 1.165) is 6.26 Å². The standard InChI is InChI=1S/C12H18N2O5S2/c1-20(15,16)11-2-4-12(5-3-11)21(17,18)14-8-10-9-19-7-6-13-10/h2-5,10,13-14H,6-9H2,1H3. The maximum Gasteiger partial charge on any atom is 0.240 e. The Hall–Kier alpha value is -1.00. The van der Waals surface area contributed by atoms with Crippen LogP contribution in [0.25, 0.3) is 0 Å². The zero-order valence-electron chi connectivity index (χ0n) is 11.6. The molecular weight excluding hydrogens is 316 g/mol. The van der Waals surface area contributed by atoms with Crippen LogP contribution in [0.5, 0.6) is 0 Å². The lowest BCUT2D eigenvalue weighted by Crippen LogP contribution is -2.48. The second kappa shape index (κ2) is 6.41. The molecule has 0 aliphatic carbocycles. The van der Waals surface area contributed by atoms with E-state index >= 15 is 0 Å². The first-order valence-corrected chi connectivity index (χ1v) is 9.77. The third-order valence-electron chi connectivity index (χ3n) is 3.08. The molecule has 0 bridgehead atoms. The normalized spacial score (nSPS) is 20.3. The van der Waals surface area contributed by atoms with E-state index < -0.39 is 19.9 Å². The molecular formula is C12H18N2O5S2. The summed E-state index contributed by atoms with van der Waals surface area (Å²) in [4.78, 5) is 0.121. The third kappa shape index (κ3) is 4.48. The van der Waals surface area contributed by atoms with Crippen LogP contribution in [0.15, 0.2) is 34.1 Å². The van der Waals surface area contributed by atoms with Crippen molar-refractivity contribution in [1.29, 1.82) is 0 Å². The molecule has 0 spiro atoms. The molecule has 1 unspecified atom stereocenters. The number of benzene rings is 1. The van der Waals surface area contributed by atoms with Crippen LogP contribution < -0.4 is 10.0 Å². The smallest absolute Gasteiger partial charge is 0.240 e. The van der Waals surface area contributed by atoms with Gasteiger partial charge < -0.3 is 10.1 Å². The topological polar surface area (TPSA) is 102 Å². The van der Waals surface area contributed by atoms with E-state index in [1.54, 1.807) is 0 Å². The fourth-order valence-corrected chi connectivity index (χ4v) is 3.62. The van der Waals surface area contributed by atoms with Gasteiger partial charge in [0.05, 0.1) is 23.0 Å². The SMILES string of the molecule is CS(=O)(=O)c1ccc(S(=O)(=O)NCC2COCCN2)cc1. The Morgan fingerprint density at radius 1 is 1.19 bits per heavy atom. The quantitative estimate of drug-likeness (QED) is 0.742. The van der Waals surface area contributed by atoms with E-state index in [4.69, 9.17) is 4.74 Å². The van der Waals surface area contributed by atoms with E-state index in [2.05, 4.69) is 10.0 Å². The molecule has 21 heavy (non-hydrogen) atoms. The van der Waals surface area contributed by atoms with Gasteiger partial charge in [0.25, 0.3) is 0 Å². The van der Waals surface area contributed by atoms with Crippen molar-refractivity contribution in [2.75, 3.05) is 32.6 Å². The summed E-state index contributed by atoms with van der Waals surface area (Å²) in [5.41, 5.74) is 0. The summed E-state index contributed by atoms with van der Waals surface area (Å²) in [6.07, 6.45) is 1.07. The largest absolute Gasteiger partial charge is 0.378 e. The van der Waals surface area contributed by atoms with Crippen LogP contribution in [0.1, 0.15) is 0 Å². The Kier molecular flexibility index (Phi) is 4.99. The van der Waals surface area contributed by atoms with Crippen molar-refractivity contribution in [3.8, 4) is 0 Å². The first kappa shape index (κ1) is 16.4. The predicted molar refractivity (Wildman–Crippen MR) is 77.4 cm³/mol. The number of hydrogen-bond donors (Lipinski definition) is 2. The van der Waals surface area contributed by atoms with Crippen molar-refractivity contribution < 1.29 is 21.6 Å². The minimum absolute atomic E-state index is 0.0339. The van der Waals surface area contributed by atoms with E-state index in [0.29, 0.717) is 19.8 Å². The predicted octanol–water partition coefficient (Wildman–Crippen LogP) is -0.643. The highest BCUT2D eigenvalue weighted by Crippen LogP contribution is 2.14. The highest BCUT2D eigenvalue weighted by molar-refractivity contribution is 7.90. The average Bonchev–Trinajstić information content (AvgIpc) is 2.46. The van der Waals surface area contributed by atoms with Crippen molar-refractivity contribution in [2.45, 2.75) is 15.8 Å². The molecule has 1 aromatic rings. The van der Waals surface area contributed by atoms with E-state index in [9.17, 15) is 16.8 Å². The fourth-order valence-electron chi connectivity index (χ4n) is 1.91. The van der Waals surface area contributed by atoms with Gasteiger partial charge in [-0.15, -0.1) is 0 Å². The van der Waals surface area contributed by atoms with Crippen molar-refractivity contribution in [3.63, 3.8) is 0 Å². The van der Waals surface area contributed by atoms with Crippen LogP contribution in [0.4, 0.5) is 0 Å². The second-order valence-electron chi connectivity index (χ2n) is 4.82. The van der Waals surface area contributed by atoms with Crippen molar-refractivity contribution in [2.24, 2.45) is 0 Å². The number of morpholine rings is 1. The van der Waals surface area contributed by atoms with Crippen LogP contribution in [0.3, 0.4) is 0 Å². The molecule has 0 radical (unpaired) electrons. The Morgan fingerprint density at radius 2 is 1.81 bits per heavy atom. The summed E-state index contributed by atoms with van der Waals surface area (Å²) in [7, 11) is -7.00. The monoisotopic (exact) mass is 334 g/mol. The molecule has 1 aliphatic heterocycles. The Bertz CT molecular complexity index is 677. The fraction of sp³-hybridized carbons (Fsp3) is 0.500. The average molecular weight is 334 g/mol. The summed E-state index contributed by atoms with van der Waals surface area (Å²) in [5.74, 6) is 0. The molecule has 9 heteroatoms. The van der Waals surface area contributed by atoms with Crippen LogP contribution >= 0.6 is 0 Å². The van der Waals surface area contributed by atoms with E-state index in [1.165, 1.54) is 24.3 Å². The third-order valence-corrected chi connectivity index (χ3v) is 5.65. The number of nitrogens with one attached hydrogen (secondary N) is 2. The molecule has 0 amide bonds. The molecule has 1 saturated heterocycles. The summed E-state index contributed by atoms with van der Waals surface area (Å²) in [6.45, 7) is 1.98. The lowest BCUT2D eigenvalue weighted by atomic mass is 10.3. The lowest BCUT2D eigenvalue weighted by Gasteiger charge is -2.23. The summed E-state index contributed by atoms with van der Waals surface area (Å²) >= 11 is 0. The molecule has 1 atom stereocenters. The number of sulfone groups is 1. The van der Waals surface area contributed by atoms with Gasteiger partial charge >= 0.3 is 0 Å². The van der Waals surface area contributed by atoms with Gasteiger partial charge in [-0.3, -0.25) is 0 Å². The Morgan fingerprint density at radius 3 is 2.33 bits per heavy atom. The number of sulfonamides is 1. The van der Waals surface area contributed by atoms with Gasteiger partial charge in [-0.05, 0) is 24.3 Å². The number of ether oxygens (including phenoxy) is 1. The highest BCUT2D eigenvalue weighted by Gasteiger charge is 2.19. The Labute approximate surface area is 124 Å². The van der Waals surface area contributed by atoms with Crippen molar-refractivity contribution in [1.82, 2.24) is 10.0 Å². The molecule has 118 valence electrons. The minimum atomic E-state index is -3.66. The van der Waals surface area contributed by atoms with E-state index in [-0.39, 0.29) is 22.4 Å². The van der Waals surface area contributed by atoms with Crippen molar-refractivity contribution in [3.05, 3.63) is 24.3 Å². The molecule has 2 N–H and O–H groups in total. The highest BCUT2D eigenvalue weighted by atomic mass is 32.2. The zero-order chi connectivity index (χ0) is 15.5.